The second kappa shape index (κ2) is 6.95. The molecule has 0 saturated heterocycles. The number of rotatable bonds is 6. The van der Waals surface area contributed by atoms with Crippen molar-refractivity contribution in [3.8, 4) is 5.75 Å². The van der Waals surface area contributed by atoms with E-state index in [0.29, 0.717) is 5.56 Å². The number of hydrogen-bond acceptors (Lipinski definition) is 3. The molecule has 0 unspecified atom stereocenters. The molecule has 0 saturated carbocycles. The van der Waals surface area contributed by atoms with Crippen molar-refractivity contribution in [2.75, 3.05) is 4.72 Å². The molecule has 0 fully saturated rings. The Bertz CT molecular complexity index is 774. The van der Waals surface area contributed by atoms with Gasteiger partial charge in [0.1, 0.15) is 5.75 Å². The van der Waals surface area contributed by atoms with Crippen LogP contribution in [0.1, 0.15) is 18.1 Å². The van der Waals surface area contributed by atoms with Crippen LogP contribution in [0, 0.1) is 6.92 Å². The van der Waals surface area contributed by atoms with Gasteiger partial charge in [0.05, 0.1) is 10.6 Å². The number of nitrogens with one attached hydrogen (secondary N) is 1. The van der Waals surface area contributed by atoms with Crippen LogP contribution in [0.4, 0.5) is 14.5 Å². The predicted molar refractivity (Wildman–Crippen MR) is 84.4 cm³/mol. The molecule has 4 nitrogen and oxygen atoms in total. The molecule has 7 heteroatoms. The molecule has 0 spiro atoms. The average molecular weight is 341 g/mol. The van der Waals surface area contributed by atoms with Crippen molar-refractivity contribution in [3.05, 3.63) is 53.6 Å². The number of benzene rings is 2. The normalized spacial score (nSPS) is 11.5. The van der Waals surface area contributed by atoms with Crippen molar-refractivity contribution >= 4 is 15.7 Å². The van der Waals surface area contributed by atoms with E-state index in [0.717, 1.165) is 12.0 Å². The minimum absolute atomic E-state index is 0.0233. The minimum Gasteiger partial charge on any atom is -0.433 e. The van der Waals surface area contributed by atoms with Gasteiger partial charge in [-0.3, -0.25) is 4.72 Å². The Morgan fingerprint density at radius 1 is 1.13 bits per heavy atom. The summed E-state index contributed by atoms with van der Waals surface area (Å²) in [5, 5.41) is 0. The Kier molecular flexibility index (Phi) is 5.20. The fourth-order valence-electron chi connectivity index (χ4n) is 2.03. The molecule has 1 N–H and O–H groups in total. The number of anilines is 1. The fraction of sp³-hybridized carbons (Fsp3) is 0.250. The zero-order chi connectivity index (χ0) is 17.0. The molecule has 2 aromatic rings. The Morgan fingerprint density at radius 3 is 2.35 bits per heavy atom. The van der Waals surface area contributed by atoms with Crippen LogP contribution < -0.4 is 9.46 Å². The summed E-state index contributed by atoms with van der Waals surface area (Å²) in [5.74, 6) is -0.223. The summed E-state index contributed by atoms with van der Waals surface area (Å²) in [4.78, 5) is 0.0548. The molecule has 23 heavy (non-hydrogen) atoms. The standard InChI is InChI=1S/C16H17F2NO3S/c1-3-12-5-7-13(8-6-12)23(20,21)19-14-10-11(2)4-9-15(14)22-16(17)18/h4-10,16,19H,3H2,1-2H3. The van der Waals surface area contributed by atoms with Gasteiger partial charge in [0.2, 0.25) is 0 Å². The SMILES string of the molecule is CCc1ccc(S(=O)(=O)Nc2cc(C)ccc2OC(F)F)cc1. The maximum absolute atomic E-state index is 12.4. The summed E-state index contributed by atoms with van der Waals surface area (Å²) in [6.45, 7) is 0.646. The topological polar surface area (TPSA) is 55.4 Å². The van der Waals surface area contributed by atoms with Crippen LogP contribution in [-0.2, 0) is 16.4 Å². The lowest BCUT2D eigenvalue weighted by atomic mass is 10.2. The minimum atomic E-state index is -3.89. The summed E-state index contributed by atoms with van der Waals surface area (Å²) in [6.07, 6.45) is 0.790. The lowest BCUT2D eigenvalue weighted by Crippen LogP contribution is -2.15. The van der Waals surface area contributed by atoms with Crippen molar-refractivity contribution in [1.82, 2.24) is 0 Å². The van der Waals surface area contributed by atoms with Gasteiger partial charge < -0.3 is 4.74 Å². The first kappa shape index (κ1) is 17.2. The maximum Gasteiger partial charge on any atom is 0.387 e. The van der Waals surface area contributed by atoms with E-state index < -0.39 is 16.6 Å². The van der Waals surface area contributed by atoms with E-state index in [1.54, 1.807) is 25.1 Å². The highest BCUT2D eigenvalue weighted by Crippen LogP contribution is 2.29. The zero-order valence-electron chi connectivity index (χ0n) is 12.7. The van der Waals surface area contributed by atoms with Gasteiger partial charge in [0.15, 0.2) is 0 Å². The quantitative estimate of drug-likeness (QED) is 0.865. The van der Waals surface area contributed by atoms with Gasteiger partial charge in [-0.05, 0) is 48.7 Å². The molecule has 124 valence electrons. The molecule has 2 rings (SSSR count). The summed E-state index contributed by atoms with van der Waals surface area (Å²) in [5.41, 5.74) is 1.69. The predicted octanol–water partition coefficient (Wildman–Crippen LogP) is 3.96. The van der Waals surface area contributed by atoms with Gasteiger partial charge in [-0.15, -0.1) is 0 Å². The Balaban J connectivity index is 2.34. The number of halogens is 2. The molecule has 0 aromatic heterocycles. The number of alkyl halides is 2. The van der Waals surface area contributed by atoms with Crippen molar-refractivity contribution in [1.29, 1.82) is 0 Å². The first-order chi connectivity index (χ1) is 10.8. The van der Waals surface area contributed by atoms with E-state index in [2.05, 4.69) is 9.46 Å². The van der Waals surface area contributed by atoms with E-state index in [4.69, 9.17) is 0 Å². The van der Waals surface area contributed by atoms with Gasteiger partial charge in [0, 0.05) is 0 Å². The average Bonchev–Trinajstić information content (AvgIpc) is 2.49. The molecule has 2 aromatic carbocycles. The number of hydrogen-bond donors (Lipinski definition) is 1. The highest BCUT2D eigenvalue weighted by molar-refractivity contribution is 7.92. The Hall–Kier alpha value is -2.15. The maximum atomic E-state index is 12.4. The first-order valence-electron chi connectivity index (χ1n) is 6.99. The highest BCUT2D eigenvalue weighted by Gasteiger charge is 2.18. The molecule has 0 aliphatic rings. The van der Waals surface area contributed by atoms with Crippen LogP contribution in [0.5, 0.6) is 5.75 Å². The van der Waals surface area contributed by atoms with Gasteiger partial charge in [-0.2, -0.15) is 8.78 Å². The second-order valence-corrected chi connectivity index (χ2v) is 6.66. The fourth-order valence-corrected chi connectivity index (χ4v) is 3.09. The van der Waals surface area contributed by atoms with Crippen LogP contribution in [0.25, 0.3) is 0 Å². The van der Waals surface area contributed by atoms with E-state index in [9.17, 15) is 17.2 Å². The van der Waals surface area contributed by atoms with Crippen LogP contribution in [0.15, 0.2) is 47.4 Å². The highest BCUT2D eigenvalue weighted by atomic mass is 32.2. The summed E-state index contributed by atoms with van der Waals surface area (Å²) in [7, 11) is -3.89. The molecule has 0 heterocycles. The van der Waals surface area contributed by atoms with Crippen molar-refractivity contribution in [3.63, 3.8) is 0 Å². The lowest BCUT2D eigenvalue weighted by molar-refractivity contribution is -0.0493. The smallest absolute Gasteiger partial charge is 0.387 e. The number of aryl methyl sites for hydroxylation is 2. The van der Waals surface area contributed by atoms with Crippen LogP contribution in [0.3, 0.4) is 0 Å². The molecule has 0 aliphatic carbocycles. The Labute approximate surface area is 134 Å². The molecular weight excluding hydrogens is 324 g/mol. The third-order valence-corrected chi connectivity index (χ3v) is 4.62. The molecule has 0 aliphatic heterocycles. The first-order valence-corrected chi connectivity index (χ1v) is 8.47. The monoisotopic (exact) mass is 341 g/mol. The second-order valence-electron chi connectivity index (χ2n) is 4.98. The zero-order valence-corrected chi connectivity index (χ0v) is 13.5. The molecule has 0 radical (unpaired) electrons. The lowest BCUT2D eigenvalue weighted by Gasteiger charge is -2.14. The van der Waals surface area contributed by atoms with Gasteiger partial charge in [-0.25, -0.2) is 8.42 Å². The van der Waals surface area contributed by atoms with Crippen molar-refractivity contribution in [2.24, 2.45) is 0 Å². The van der Waals surface area contributed by atoms with E-state index >= 15 is 0 Å². The molecule has 0 atom stereocenters. The van der Waals surface area contributed by atoms with Crippen LogP contribution in [-0.4, -0.2) is 15.0 Å². The van der Waals surface area contributed by atoms with Crippen molar-refractivity contribution in [2.45, 2.75) is 31.8 Å². The largest absolute Gasteiger partial charge is 0.433 e. The summed E-state index contributed by atoms with van der Waals surface area (Å²) >= 11 is 0. The van der Waals surface area contributed by atoms with Crippen LogP contribution >= 0.6 is 0 Å². The van der Waals surface area contributed by atoms with Gasteiger partial charge in [0.25, 0.3) is 10.0 Å². The van der Waals surface area contributed by atoms with E-state index in [1.165, 1.54) is 24.3 Å². The third-order valence-electron chi connectivity index (χ3n) is 3.24. The van der Waals surface area contributed by atoms with Crippen LogP contribution in [0.2, 0.25) is 0 Å². The van der Waals surface area contributed by atoms with Gasteiger partial charge >= 0.3 is 6.61 Å². The Morgan fingerprint density at radius 2 is 1.78 bits per heavy atom. The molecule has 0 amide bonds. The van der Waals surface area contributed by atoms with Gasteiger partial charge in [-0.1, -0.05) is 25.1 Å². The van der Waals surface area contributed by atoms with E-state index in [1.807, 2.05) is 6.92 Å². The van der Waals surface area contributed by atoms with E-state index in [-0.39, 0.29) is 16.3 Å². The molecular formula is C16H17F2NO3S. The van der Waals surface area contributed by atoms with Crippen molar-refractivity contribution < 1.29 is 21.9 Å². The number of ether oxygens (including phenoxy) is 1. The molecule has 0 bridgehead atoms. The third kappa shape index (κ3) is 4.41. The summed E-state index contributed by atoms with van der Waals surface area (Å²) < 4.78 is 56.3. The number of sulfonamides is 1. The summed E-state index contributed by atoms with van der Waals surface area (Å²) in [6, 6.07) is 10.7.